The Hall–Kier alpha value is -2.62. The SMILES string of the molecule is O=C(O)CC(NC(=O)CC1CCc2ccccc2C1)c1ccccc1. The Morgan fingerprint density at radius 3 is 2.44 bits per heavy atom. The molecule has 2 aromatic carbocycles. The van der Waals surface area contributed by atoms with Crippen LogP contribution in [0.4, 0.5) is 0 Å². The fourth-order valence-corrected chi connectivity index (χ4v) is 3.58. The van der Waals surface area contributed by atoms with Crippen LogP contribution in [0.25, 0.3) is 0 Å². The number of aryl methyl sites for hydroxylation is 1. The van der Waals surface area contributed by atoms with Gasteiger partial charge in [-0.3, -0.25) is 9.59 Å². The Bertz CT molecular complexity index is 742. The van der Waals surface area contributed by atoms with Gasteiger partial charge in [-0.2, -0.15) is 0 Å². The number of aliphatic carboxylic acids is 1. The van der Waals surface area contributed by atoms with Gasteiger partial charge in [-0.15, -0.1) is 0 Å². The topological polar surface area (TPSA) is 66.4 Å². The van der Waals surface area contributed by atoms with Crippen LogP contribution in [-0.2, 0) is 22.4 Å². The fourth-order valence-electron chi connectivity index (χ4n) is 3.58. The summed E-state index contributed by atoms with van der Waals surface area (Å²) in [6.07, 6.45) is 3.25. The Labute approximate surface area is 147 Å². The molecule has 4 heteroatoms. The molecule has 0 spiro atoms. The summed E-state index contributed by atoms with van der Waals surface area (Å²) < 4.78 is 0. The molecule has 1 aliphatic rings. The number of nitrogens with one attached hydrogen (secondary N) is 1. The van der Waals surface area contributed by atoms with Gasteiger partial charge in [0.2, 0.25) is 5.91 Å². The van der Waals surface area contributed by atoms with Crippen molar-refractivity contribution in [3.63, 3.8) is 0 Å². The van der Waals surface area contributed by atoms with Crippen molar-refractivity contribution >= 4 is 11.9 Å². The zero-order valence-corrected chi connectivity index (χ0v) is 14.2. The minimum atomic E-state index is -0.916. The number of amides is 1. The molecule has 2 aromatic rings. The van der Waals surface area contributed by atoms with Gasteiger partial charge in [-0.25, -0.2) is 0 Å². The van der Waals surface area contributed by atoms with E-state index in [1.807, 2.05) is 36.4 Å². The average Bonchev–Trinajstić information content (AvgIpc) is 2.61. The first-order valence-corrected chi connectivity index (χ1v) is 8.74. The number of hydrogen-bond acceptors (Lipinski definition) is 2. The molecule has 130 valence electrons. The molecule has 2 N–H and O–H groups in total. The molecule has 0 saturated heterocycles. The lowest BCUT2D eigenvalue weighted by atomic mass is 9.82. The van der Waals surface area contributed by atoms with Gasteiger partial charge >= 0.3 is 5.97 Å². The lowest BCUT2D eigenvalue weighted by Gasteiger charge is -2.25. The number of carboxylic acids is 1. The molecule has 0 heterocycles. The minimum Gasteiger partial charge on any atom is -0.481 e. The predicted molar refractivity (Wildman–Crippen MR) is 96.2 cm³/mol. The van der Waals surface area contributed by atoms with Crippen molar-refractivity contribution < 1.29 is 14.7 Å². The van der Waals surface area contributed by atoms with Gasteiger partial charge in [-0.1, -0.05) is 54.6 Å². The average molecular weight is 337 g/mol. The van der Waals surface area contributed by atoms with E-state index in [4.69, 9.17) is 5.11 Å². The smallest absolute Gasteiger partial charge is 0.305 e. The molecule has 2 atom stereocenters. The summed E-state index contributed by atoms with van der Waals surface area (Å²) in [5.74, 6) is -0.670. The molecule has 4 nitrogen and oxygen atoms in total. The van der Waals surface area contributed by atoms with Gasteiger partial charge in [0.25, 0.3) is 0 Å². The normalized spacial score (nSPS) is 17.4. The van der Waals surface area contributed by atoms with E-state index >= 15 is 0 Å². The molecule has 0 saturated carbocycles. The molecule has 1 aliphatic carbocycles. The van der Waals surface area contributed by atoms with Crippen molar-refractivity contribution in [2.75, 3.05) is 0 Å². The zero-order valence-electron chi connectivity index (χ0n) is 14.2. The first kappa shape index (κ1) is 17.2. The van der Waals surface area contributed by atoms with E-state index in [0.29, 0.717) is 12.3 Å². The van der Waals surface area contributed by atoms with Crippen LogP contribution in [-0.4, -0.2) is 17.0 Å². The van der Waals surface area contributed by atoms with E-state index in [1.54, 1.807) is 0 Å². The summed E-state index contributed by atoms with van der Waals surface area (Å²) in [6.45, 7) is 0. The van der Waals surface area contributed by atoms with Crippen molar-refractivity contribution in [1.82, 2.24) is 5.32 Å². The van der Waals surface area contributed by atoms with Crippen LogP contribution in [0, 0.1) is 5.92 Å². The van der Waals surface area contributed by atoms with Crippen molar-refractivity contribution in [1.29, 1.82) is 0 Å². The molecule has 25 heavy (non-hydrogen) atoms. The summed E-state index contributed by atoms with van der Waals surface area (Å²) in [7, 11) is 0. The van der Waals surface area contributed by atoms with Crippen LogP contribution in [0.1, 0.15) is 42.0 Å². The number of hydrogen-bond donors (Lipinski definition) is 2. The number of carbonyl (C=O) groups is 2. The molecule has 0 aliphatic heterocycles. The van der Waals surface area contributed by atoms with Gasteiger partial charge in [0.15, 0.2) is 0 Å². The summed E-state index contributed by atoms with van der Waals surface area (Å²) in [5.41, 5.74) is 3.54. The van der Waals surface area contributed by atoms with E-state index in [2.05, 4.69) is 23.5 Å². The molecular formula is C21H23NO3. The van der Waals surface area contributed by atoms with Gasteiger partial charge in [-0.05, 0) is 41.9 Å². The monoisotopic (exact) mass is 337 g/mol. The molecule has 0 bridgehead atoms. The van der Waals surface area contributed by atoms with E-state index in [9.17, 15) is 9.59 Å². The fraction of sp³-hybridized carbons (Fsp3) is 0.333. The largest absolute Gasteiger partial charge is 0.481 e. The predicted octanol–water partition coefficient (Wildman–Crippen LogP) is 3.51. The van der Waals surface area contributed by atoms with Crippen LogP contribution >= 0.6 is 0 Å². The summed E-state index contributed by atoms with van der Waals surface area (Å²) in [4.78, 5) is 23.6. The first-order valence-electron chi connectivity index (χ1n) is 8.74. The Morgan fingerprint density at radius 2 is 1.72 bits per heavy atom. The zero-order chi connectivity index (χ0) is 17.6. The standard InChI is InChI=1S/C21H23NO3/c23-20(13-15-10-11-16-6-4-5-9-18(16)12-15)22-19(14-21(24)25)17-7-2-1-3-8-17/h1-9,15,19H,10-14H2,(H,22,23)(H,24,25). The van der Waals surface area contributed by atoms with Crippen LogP contribution in [0.2, 0.25) is 0 Å². The first-order chi connectivity index (χ1) is 12.1. The number of benzene rings is 2. The van der Waals surface area contributed by atoms with Gasteiger partial charge in [0.05, 0.1) is 12.5 Å². The van der Waals surface area contributed by atoms with Gasteiger partial charge in [0, 0.05) is 6.42 Å². The second-order valence-corrected chi connectivity index (χ2v) is 6.71. The molecule has 0 fully saturated rings. The van der Waals surface area contributed by atoms with E-state index in [-0.39, 0.29) is 12.3 Å². The highest BCUT2D eigenvalue weighted by atomic mass is 16.4. The van der Waals surface area contributed by atoms with Crippen molar-refractivity contribution in [3.8, 4) is 0 Å². The van der Waals surface area contributed by atoms with E-state index < -0.39 is 12.0 Å². The lowest BCUT2D eigenvalue weighted by Crippen LogP contribution is -2.32. The highest BCUT2D eigenvalue weighted by Crippen LogP contribution is 2.27. The molecule has 3 rings (SSSR count). The number of fused-ring (bicyclic) bond motifs is 1. The third-order valence-electron chi connectivity index (χ3n) is 4.84. The van der Waals surface area contributed by atoms with Crippen LogP contribution < -0.4 is 5.32 Å². The van der Waals surface area contributed by atoms with E-state index in [1.165, 1.54) is 11.1 Å². The second-order valence-electron chi connectivity index (χ2n) is 6.71. The Morgan fingerprint density at radius 1 is 1.04 bits per heavy atom. The number of rotatable bonds is 6. The minimum absolute atomic E-state index is 0.0699. The highest BCUT2D eigenvalue weighted by Gasteiger charge is 2.23. The lowest BCUT2D eigenvalue weighted by molar-refractivity contribution is -0.137. The number of carboxylic acid groups (broad SMARTS) is 1. The third kappa shape index (κ3) is 4.69. The quantitative estimate of drug-likeness (QED) is 0.847. The third-order valence-corrected chi connectivity index (χ3v) is 4.84. The van der Waals surface area contributed by atoms with Crippen molar-refractivity contribution in [2.45, 2.75) is 38.1 Å². The summed E-state index contributed by atoms with van der Waals surface area (Å²) in [5, 5.41) is 12.1. The molecule has 1 amide bonds. The van der Waals surface area contributed by atoms with Crippen LogP contribution in [0.5, 0.6) is 0 Å². The summed E-state index contributed by atoms with van der Waals surface area (Å²) in [6, 6.07) is 17.2. The van der Waals surface area contributed by atoms with Crippen LogP contribution in [0.15, 0.2) is 54.6 Å². The number of carbonyl (C=O) groups excluding carboxylic acids is 1. The van der Waals surface area contributed by atoms with Crippen molar-refractivity contribution in [2.24, 2.45) is 5.92 Å². The van der Waals surface area contributed by atoms with Gasteiger partial charge in [0.1, 0.15) is 0 Å². The Balaban J connectivity index is 1.61. The summed E-state index contributed by atoms with van der Waals surface area (Å²) >= 11 is 0. The van der Waals surface area contributed by atoms with Crippen LogP contribution in [0.3, 0.4) is 0 Å². The maximum absolute atomic E-state index is 12.5. The Kier molecular flexibility index (Phi) is 5.49. The molecule has 0 aromatic heterocycles. The maximum Gasteiger partial charge on any atom is 0.305 e. The van der Waals surface area contributed by atoms with Gasteiger partial charge < -0.3 is 10.4 Å². The van der Waals surface area contributed by atoms with Crippen molar-refractivity contribution in [3.05, 3.63) is 71.3 Å². The maximum atomic E-state index is 12.5. The molecular weight excluding hydrogens is 314 g/mol. The second kappa shape index (κ2) is 7.97. The van der Waals surface area contributed by atoms with E-state index in [0.717, 1.165) is 24.8 Å². The highest BCUT2D eigenvalue weighted by molar-refractivity contribution is 5.78. The molecule has 0 radical (unpaired) electrons. The molecule has 2 unspecified atom stereocenters.